The number of rotatable bonds is 2. The number of nitrogen functional groups attached to an aromatic ring is 1. The Hall–Kier alpha value is -2.26. The van der Waals surface area contributed by atoms with E-state index in [0.717, 1.165) is 16.8 Å². The third-order valence-electron chi connectivity index (χ3n) is 3.02. The molecule has 100 valence electrons. The number of hydrogen-bond acceptors (Lipinski definition) is 2. The highest BCUT2D eigenvalue weighted by atomic mass is 35.5. The van der Waals surface area contributed by atoms with Crippen molar-refractivity contribution in [2.45, 2.75) is 0 Å². The summed E-state index contributed by atoms with van der Waals surface area (Å²) < 4.78 is 19.1. The van der Waals surface area contributed by atoms with Crippen molar-refractivity contribution in [1.29, 1.82) is 0 Å². The first-order chi connectivity index (χ1) is 9.65. The minimum Gasteiger partial charge on any atom is -0.454 e. The van der Waals surface area contributed by atoms with E-state index < -0.39 is 5.82 Å². The number of fused-ring (bicyclic) bond motifs is 1. The molecule has 0 saturated carbocycles. The lowest BCUT2D eigenvalue weighted by Gasteiger charge is -2.11. The number of halogens is 2. The van der Waals surface area contributed by atoms with Crippen LogP contribution in [0.1, 0.15) is 0 Å². The topological polar surface area (TPSA) is 35.2 Å². The third-order valence-corrected chi connectivity index (χ3v) is 3.31. The molecule has 0 saturated heterocycles. The van der Waals surface area contributed by atoms with Crippen molar-refractivity contribution in [1.82, 2.24) is 0 Å². The van der Waals surface area contributed by atoms with E-state index in [1.54, 1.807) is 0 Å². The summed E-state index contributed by atoms with van der Waals surface area (Å²) in [6, 6.07) is 16.1. The summed E-state index contributed by atoms with van der Waals surface area (Å²) in [5.74, 6) is 0.430. The van der Waals surface area contributed by atoms with Crippen LogP contribution in [0.25, 0.3) is 10.8 Å². The molecule has 0 aromatic heterocycles. The maximum Gasteiger partial charge on any atom is 0.152 e. The molecule has 0 heterocycles. The first kappa shape index (κ1) is 12.8. The predicted octanol–water partition coefficient (Wildman–Crippen LogP) is 5.01. The van der Waals surface area contributed by atoms with Gasteiger partial charge in [-0.15, -0.1) is 0 Å². The van der Waals surface area contributed by atoms with E-state index in [4.69, 9.17) is 22.1 Å². The molecular formula is C16H11ClFNO. The third kappa shape index (κ3) is 2.28. The molecule has 3 aromatic rings. The van der Waals surface area contributed by atoms with Crippen molar-refractivity contribution >= 4 is 28.1 Å². The van der Waals surface area contributed by atoms with Gasteiger partial charge in [-0.3, -0.25) is 0 Å². The number of nitrogens with two attached hydrogens (primary N) is 1. The van der Waals surface area contributed by atoms with Crippen molar-refractivity contribution in [3.05, 3.63) is 65.4 Å². The molecule has 4 heteroatoms. The van der Waals surface area contributed by atoms with Gasteiger partial charge in [-0.25, -0.2) is 4.39 Å². The zero-order chi connectivity index (χ0) is 14.1. The second-order valence-electron chi connectivity index (χ2n) is 4.38. The summed E-state index contributed by atoms with van der Waals surface area (Å²) in [7, 11) is 0. The average Bonchev–Trinajstić information content (AvgIpc) is 2.45. The Kier molecular flexibility index (Phi) is 3.20. The van der Waals surface area contributed by atoms with Gasteiger partial charge in [0.25, 0.3) is 0 Å². The molecule has 3 aromatic carbocycles. The quantitative estimate of drug-likeness (QED) is 0.673. The summed E-state index contributed by atoms with van der Waals surface area (Å²) in [5.41, 5.74) is 5.97. The molecule has 2 N–H and O–H groups in total. The Balaban J connectivity index is 2.08. The molecule has 0 atom stereocenters. The van der Waals surface area contributed by atoms with E-state index in [1.807, 2.05) is 42.5 Å². The minimum atomic E-state index is -0.561. The molecule has 0 aliphatic carbocycles. The summed E-state index contributed by atoms with van der Waals surface area (Å²) in [6.07, 6.45) is 0. The van der Waals surface area contributed by atoms with E-state index in [1.165, 1.54) is 6.07 Å². The monoisotopic (exact) mass is 287 g/mol. The van der Waals surface area contributed by atoms with Gasteiger partial charge in [-0.1, -0.05) is 48.0 Å². The van der Waals surface area contributed by atoms with E-state index in [0.29, 0.717) is 11.5 Å². The molecule has 0 aliphatic rings. The largest absolute Gasteiger partial charge is 0.454 e. The summed E-state index contributed by atoms with van der Waals surface area (Å²) in [4.78, 5) is 0. The van der Waals surface area contributed by atoms with Gasteiger partial charge in [0.2, 0.25) is 0 Å². The number of benzene rings is 3. The maximum atomic E-state index is 13.3. The Bertz CT molecular complexity index is 783. The highest BCUT2D eigenvalue weighted by molar-refractivity contribution is 6.31. The van der Waals surface area contributed by atoms with E-state index in [-0.39, 0.29) is 10.7 Å². The smallest absolute Gasteiger partial charge is 0.152 e. The fraction of sp³-hybridized carbons (Fsp3) is 0. The van der Waals surface area contributed by atoms with Crippen LogP contribution in [-0.4, -0.2) is 0 Å². The highest BCUT2D eigenvalue weighted by Crippen LogP contribution is 2.35. The zero-order valence-corrected chi connectivity index (χ0v) is 11.2. The summed E-state index contributed by atoms with van der Waals surface area (Å²) >= 11 is 5.76. The van der Waals surface area contributed by atoms with Gasteiger partial charge in [0, 0.05) is 17.5 Å². The predicted molar refractivity (Wildman–Crippen MR) is 79.8 cm³/mol. The van der Waals surface area contributed by atoms with E-state index in [9.17, 15) is 4.39 Å². The van der Waals surface area contributed by atoms with Crippen molar-refractivity contribution in [3.8, 4) is 11.5 Å². The summed E-state index contributed by atoms with van der Waals surface area (Å²) in [5, 5.41) is 1.99. The lowest BCUT2D eigenvalue weighted by Crippen LogP contribution is -1.94. The lowest BCUT2D eigenvalue weighted by molar-refractivity contribution is 0.489. The van der Waals surface area contributed by atoms with Gasteiger partial charge in [-0.2, -0.15) is 0 Å². The van der Waals surface area contributed by atoms with Gasteiger partial charge in [0.15, 0.2) is 5.75 Å². The normalized spacial score (nSPS) is 10.7. The zero-order valence-electron chi connectivity index (χ0n) is 10.4. The maximum absolute atomic E-state index is 13.3. The molecule has 0 radical (unpaired) electrons. The molecular weight excluding hydrogens is 277 g/mol. The lowest BCUT2D eigenvalue weighted by atomic mass is 10.1. The number of hydrogen-bond donors (Lipinski definition) is 1. The van der Waals surface area contributed by atoms with Crippen LogP contribution in [-0.2, 0) is 0 Å². The second-order valence-corrected chi connectivity index (χ2v) is 4.79. The van der Waals surface area contributed by atoms with Crippen LogP contribution in [0.2, 0.25) is 5.02 Å². The van der Waals surface area contributed by atoms with E-state index >= 15 is 0 Å². The fourth-order valence-electron chi connectivity index (χ4n) is 2.04. The van der Waals surface area contributed by atoms with Crippen molar-refractivity contribution in [2.24, 2.45) is 0 Å². The molecule has 0 spiro atoms. The van der Waals surface area contributed by atoms with Crippen LogP contribution in [0.15, 0.2) is 54.6 Å². The molecule has 2 nitrogen and oxygen atoms in total. The molecule has 3 rings (SSSR count). The van der Waals surface area contributed by atoms with Crippen LogP contribution in [0, 0.1) is 5.82 Å². The second kappa shape index (κ2) is 5.02. The number of ether oxygens (including phenoxy) is 1. The van der Waals surface area contributed by atoms with Crippen LogP contribution >= 0.6 is 11.6 Å². The Morgan fingerprint density at radius 3 is 2.55 bits per heavy atom. The van der Waals surface area contributed by atoms with Gasteiger partial charge < -0.3 is 10.5 Å². The van der Waals surface area contributed by atoms with Crippen LogP contribution < -0.4 is 10.5 Å². The van der Waals surface area contributed by atoms with Gasteiger partial charge >= 0.3 is 0 Å². The van der Waals surface area contributed by atoms with Crippen LogP contribution in [0.4, 0.5) is 10.1 Å². The molecule has 0 bridgehead atoms. The fourth-order valence-corrected chi connectivity index (χ4v) is 2.19. The minimum absolute atomic E-state index is 0.0190. The van der Waals surface area contributed by atoms with Crippen molar-refractivity contribution in [3.63, 3.8) is 0 Å². The molecule has 0 unspecified atom stereocenters. The Morgan fingerprint density at radius 2 is 1.70 bits per heavy atom. The summed E-state index contributed by atoms with van der Waals surface area (Å²) in [6.45, 7) is 0. The standard InChI is InChI=1S/C16H11ClFNO/c17-12-8-16(14(19)9-13(12)18)20-15-7-3-5-10-4-1-2-6-11(10)15/h1-9H,19H2. The number of anilines is 1. The Morgan fingerprint density at radius 1 is 0.950 bits per heavy atom. The molecule has 0 amide bonds. The Labute approximate surface area is 120 Å². The first-order valence-electron chi connectivity index (χ1n) is 6.05. The van der Waals surface area contributed by atoms with Gasteiger partial charge in [-0.05, 0) is 11.5 Å². The van der Waals surface area contributed by atoms with Gasteiger partial charge in [0.05, 0.1) is 10.7 Å². The van der Waals surface area contributed by atoms with Crippen molar-refractivity contribution in [2.75, 3.05) is 5.73 Å². The van der Waals surface area contributed by atoms with Crippen molar-refractivity contribution < 1.29 is 9.13 Å². The molecule has 0 fully saturated rings. The highest BCUT2D eigenvalue weighted by Gasteiger charge is 2.10. The molecule has 0 aliphatic heterocycles. The van der Waals surface area contributed by atoms with E-state index in [2.05, 4.69) is 0 Å². The van der Waals surface area contributed by atoms with Gasteiger partial charge in [0.1, 0.15) is 11.6 Å². The molecule has 20 heavy (non-hydrogen) atoms. The first-order valence-corrected chi connectivity index (χ1v) is 6.43. The SMILES string of the molecule is Nc1cc(F)c(Cl)cc1Oc1cccc2ccccc12. The van der Waals surface area contributed by atoms with Crippen LogP contribution in [0.3, 0.4) is 0 Å². The average molecular weight is 288 g/mol. The van der Waals surface area contributed by atoms with Crippen LogP contribution in [0.5, 0.6) is 11.5 Å².